The molecule has 0 spiro atoms. The first-order valence-electron chi connectivity index (χ1n) is 9.36. The summed E-state index contributed by atoms with van der Waals surface area (Å²) in [6.07, 6.45) is 5.73. The molecule has 0 radical (unpaired) electrons. The first-order valence-corrected chi connectivity index (χ1v) is 9.36. The van der Waals surface area contributed by atoms with Crippen LogP contribution in [0.25, 0.3) is 16.9 Å². The van der Waals surface area contributed by atoms with Crippen molar-refractivity contribution in [1.29, 1.82) is 0 Å². The van der Waals surface area contributed by atoms with Crippen molar-refractivity contribution in [3.8, 4) is 17.0 Å². The van der Waals surface area contributed by atoms with Gasteiger partial charge in [-0.25, -0.2) is 4.57 Å². The number of fused-ring (bicyclic) bond motifs is 5. The molecule has 2 aromatic heterocycles. The van der Waals surface area contributed by atoms with Crippen molar-refractivity contribution >= 4 is 17.4 Å². The molecule has 3 aromatic rings. The normalized spacial score (nSPS) is 15.9. The van der Waals surface area contributed by atoms with E-state index in [0.29, 0.717) is 6.61 Å². The maximum absolute atomic E-state index is 12.1. The average molecular weight is 381 g/mol. The van der Waals surface area contributed by atoms with Crippen molar-refractivity contribution < 1.29 is 18.7 Å². The van der Waals surface area contributed by atoms with Crippen molar-refractivity contribution in [2.75, 3.05) is 19.0 Å². The fourth-order valence-electron chi connectivity index (χ4n) is 3.64. The summed E-state index contributed by atoms with van der Waals surface area (Å²) in [6.45, 7) is 6.73. The van der Waals surface area contributed by atoms with E-state index >= 15 is 0 Å². The SMILES string of the molecule is COC(=O)CC1COc2ccccc2-c2c(NC(C)(C)C)[n+]3ccncc3n21. The monoisotopic (exact) mass is 381 g/mol. The van der Waals surface area contributed by atoms with Crippen molar-refractivity contribution in [2.45, 2.75) is 38.8 Å². The van der Waals surface area contributed by atoms with Gasteiger partial charge < -0.3 is 9.47 Å². The minimum Gasteiger partial charge on any atom is -0.489 e. The number of aromatic nitrogens is 3. The van der Waals surface area contributed by atoms with E-state index in [1.807, 2.05) is 36.7 Å². The van der Waals surface area contributed by atoms with Gasteiger partial charge in [-0.05, 0) is 32.9 Å². The number of carbonyl (C=O) groups is 1. The molecule has 1 unspecified atom stereocenters. The number of anilines is 1. The zero-order valence-electron chi connectivity index (χ0n) is 16.6. The molecule has 146 valence electrons. The number of nitrogens with one attached hydrogen (secondary N) is 1. The van der Waals surface area contributed by atoms with Gasteiger partial charge in [0.15, 0.2) is 5.69 Å². The van der Waals surface area contributed by atoms with Gasteiger partial charge >= 0.3 is 5.97 Å². The predicted octanol–water partition coefficient (Wildman–Crippen LogP) is 3.00. The summed E-state index contributed by atoms with van der Waals surface area (Å²) in [5.74, 6) is 1.47. The summed E-state index contributed by atoms with van der Waals surface area (Å²) in [6, 6.07) is 7.74. The number of para-hydroxylation sites is 1. The van der Waals surface area contributed by atoms with E-state index in [4.69, 9.17) is 9.47 Å². The van der Waals surface area contributed by atoms with Crippen LogP contribution < -0.4 is 14.5 Å². The Hall–Kier alpha value is -3.09. The first kappa shape index (κ1) is 18.3. The summed E-state index contributed by atoms with van der Waals surface area (Å²) in [7, 11) is 1.41. The number of rotatable bonds is 3. The van der Waals surface area contributed by atoms with Gasteiger partial charge in [0.2, 0.25) is 0 Å². The third-order valence-electron chi connectivity index (χ3n) is 4.75. The lowest BCUT2D eigenvalue weighted by molar-refractivity contribution is -0.496. The molecule has 4 rings (SSSR count). The third kappa shape index (κ3) is 3.17. The summed E-state index contributed by atoms with van der Waals surface area (Å²) >= 11 is 0. The Morgan fingerprint density at radius 1 is 1.39 bits per heavy atom. The van der Waals surface area contributed by atoms with Crippen LogP contribution >= 0.6 is 0 Å². The fourth-order valence-corrected chi connectivity index (χ4v) is 3.64. The van der Waals surface area contributed by atoms with Gasteiger partial charge in [0.05, 0.1) is 37.0 Å². The van der Waals surface area contributed by atoms with E-state index in [0.717, 1.165) is 28.5 Å². The second-order valence-electron chi connectivity index (χ2n) is 7.99. The van der Waals surface area contributed by atoms with Crippen LogP contribution in [0.2, 0.25) is 0 Å². The molecular weight excluding hydrogens is 356 g/mol. The Morgan fingerprint density at radius 3 is 2.93 bits per heavy atom. The zero-order valence-corrected chi connectivity index (χ0v) is 16.6. The van der Waals surface area contributed by atoms with E-state index in [-0.39, 0.29) is 24.0 Å². The number of hydrogen-bond acceptors (Lipinski definition) is 5. The van der Waals surface area contributed by atoms with Crippen LogP contribution in [0, 0.1) is 0 Å². The highest BCUT2D eigenvalue weighted by Gasteiger charge is 2.37. The van der Waals surface area contributed by atoms with Gasteiger partial charge in [-0.15, -0.1) is 0 Å². The average Bonchev–Trinajstić information content (AvgIpc) is 2.88. The van der Waals surface area contributed by atoms with E-state index in [9.17, 15) is 4.79 Å². The molecule has 1 N–H and O–H groups in total. The van der Waals surface area contributed by atoms with Crippen molar-refractivity contribution in [2.24, 2.45) is 0 Å². The molecule has 0 amide bonds. The number of esters is 1. The Morgan fingerprint density at radius 2 is 2.18 bits per heavy atom. The molecule has 0 saturated heterocycles. The van der Waals surface area contributed by atoms with E-state index in [1.165, 1.54) is 7.11 Å². The van der Waals surface area contributed by atoms with Crippen molar-refractivity contribution in [3.05, 3.63) is 42.9 Å². The van der Waals surface area contributed by atoms with E-state index in [1.54, 1.807) is 6.20 Å². The largest absolute Gasteiger partial charge is 0.489 e. The number of benzene rings is 1. The lowest BCUT2D eigenvalue weighted by Crippen LogP contribution is -2.33. The summed E-state index contributed by atoms with van der Waals surface area (Å²) in [4.78, 5) is 16.4. The molecule has 1 aliphatic rings. The second kappa shape index (κ2) is 6.82. The third-order valence-corrected chi connectivity index (χ3v) is 4.75. The first-order chi connectivity index (χ1) is 13.4. The predicted molar refractivity (Wildman–Crippen MR) is 105 cm³/mol. The van der Waals surface area contributed by atoms with Crippen LogP contribution in [-0.4, -0.2) is 34.8 Å². The molecule has 28 heavy (non-hydrogen) atoms. The van der Waals surface area contributed by atoms with Gasteiger partial charge in [-0.1, -0.05) is 12.1 Å². The molecule has 7 nitrogen and oxygen atoms in total. The number of carbonyl (C=O) groups excluding carboxylic acids is 1. The van der Waals surface area contributed by atoms with E-state index < -0.39 is 0 Å². The smallest absolute Gasteiger partial charge is 0.309 e. The summed E-state index contributed by atoms with van der Waals surface area (Å²) < 4.78 is 15.3. The maximum Gasteiger partial charge on any atom is 0.309 e. The molecule has 1 aliphatic heterocycles. The number of methoxy groups -OCH3 is 1. The Labute approximate surface area is 163 Å². The number of nitrogens with zero attached hydrogens (tertiary/aromatic N) is 3. The van der Waals surface area contributed by atoms with Crippen molar-refractivity contribution in [1.82, 2.24) is 9.55 Å². The Bertz CT molecular complexity index is 1040. The van der Waals surface area contributed by atoms with Crippen LogP contribution in [-0.2, 0) is 9.53 Å². The van der Waals surface area contributed by atoms with Crippen LogP contribution in [0.4, 0.5) is 5.82 Å². The number of imidazole rings is 1. The minimum absolute atomic E-state index is 0.161. The standard InChI is InChI=1S/C21H25N4O3/c1-21(2,3)23-20-19-15-7-5-6-8-16(15)28-13-14(11-18(26)27-4)25(19)17-12-22-9-10-24(17)20/h5-10,12,14,23H,11,13H2,1-4H3/q+1. The van der Waals surface area contributed by atoms with E-state index in [2.05, 4.69) is 40.0 Å². The molecular formula is C21H25N4O3+. The summed E-state index contributed by atoms with van der Waals surface area (Å²) in [5.41, 5.74) is 2.68. The Balaban J connectivity index is 2.04. The number of hydrogen-bond donors (Lipinski definition) is 1. The van der Waals surface area contributed by atoms with Crippen LogP contribution in [0.3, 0.4) is 0 Å². The molecule has 1 atom stereocenters. The lowest BCUT2D eigenvalue weighted by atomic mass is 10.1. The molecule has 7 heteroatoms. The molecule has 0 fully saturated rings. The van der Waals surface area contributed by atoms with Gasteiger partial charge in [0.25, 0.3) is 11.5 Å². The topological polar surface area (TPSA) is 69.5 Å². The number of ether oxygens (including phenoxy) is 2. The highest BCUT2D eigenvalue weighted by Crippen LogP contribution is 2.41. The maximum atomic E-state index is 12.1. The highest BCUT2D eigenvalue weighted by molar-refractivity contribution is 5.79. The molecule has 0 saturated carbocycles. The molecule has 3 heterocycles. The molecule has 0 bridgehead atoms. The quantitative estimate of drug-likeness (QED) is 0.558. The second-order valence-corrected chi connectivity index (χ2v) is 7.99. The fraction of sp³-hybridized carbons (Fsp3) is 0.381. The lowest BCUT2D eigenvalue weighted by Gasteiger charge is -2.17. The van der Waals surface area contributed by atoms with Gasteiger partial charge in [0.1, 0.15) is 24.6 Å². The van der Waals surface area contributed by atoms with Gasteiger partial charge in [-0.3, -0.25) is 15.1 Å². The zero-order chi connectivity index (χ0) is 19.9. The van der Waals surface area contributed by atoms with Crippen LogP contribution in [0.5, 0.6) is 5.75 Å². The molecule has 1 aromatic carbocycles. The highest BCUT2D eigenvalue weighted by atomic mass is 16.5. The minimum atomic E-state index is -0.272. The van der Waals surface area contributed by atoms with Crippen molar-refractivity contribution in [3.63, 3.8) is 0 Å². The van der Waals surface area contributed by atoms with Crippen LogP contribution in [0.1, 0.15) is 33.2 Å². The van der Waals surface area contributed by atoms with Crippen LogP contribution in [0.15, 0.2) is 42.9 Å². The van der Waals surface area contributed by atoms with Gasteiger partial charge in [0, 0.05) is 0 Å². The molecule has 0 aliphatic carbocycles. The Kier molecular flexibility index (Phi) is 4.45. The van der Waals surface area contributed by atoms with Gasteiger partial charge in [-0.2, -0.15) is 4.40 Å². The summed E-state index contributed by atoms with van der Waals surface area (Å²) in [5, 5.41) is 3.63.